The third-order valence-corrected chi connectivity index (χ3v) is 6.51. The van der Waals surface area contributed by atoms with Crippen LogP contribution in [0.5, 0.6) is 0 Å². The molecule has 2 aliphatic rings. The zero-order valence-electron chi connectivity index (χ0n) is 15.1. The summed E-state index contributed by atoms with van der Waals surface area (Å²) in [5, 5.41) is 18.5. The number of carbonyl (C=O) groups is 3. The summed E-state index contributed by atoms with van der Waals surface area (Å²) in [7, 11) is 1.22. The Morgan fingerprint density at radius 1 is 1.57 bits per heavy atom. The van der Waals surface area contributed by atoms with E-state index in [0.717, 1.165) is 16.2 Å². The van der Waals surface area contributed by atoms with Crippen molar-refractivity contribution < 1.29 is 24.3 Å². The molecule has 0 aliphatic carbocycles. The number of carboxylic acid groups (broad SMARTS) is 1. The molecule has 3 rings (SSSR count). The first-order valence-corrected chi connectivity index (χ1v) is 10.3. The van der Waals surface area contributed by atoms with Crippen LogP contribution in [0.4, 0.5) is 5.13 Å². The number of carboxylic acids is 1. The van der Waals surface area contributed by atoms with Crippen LogP contribution >= 0.6 is 34.7 Å². The second-order valence-electron chi connectivity index (χ2n) is 5.80. The van der Waals surface area contributed by atoms with E-state index in [4.69, 9.17) is 22.9 Å². The second-order valence-corrected chi connectivity index (χ2v) is 8.54. The van der Waals surface area contributed by atoms with Crippen molar-refractivity contribution in [3.8, 4) is 0 Å². The molecule has 1 aromatic heterocycles. The number of hydrogen-bond acceptors (Lipinski definition) is 10. The Bertz CT molecular complexity index is 1030. The third-order valence-electron chi connectivity index (χ3n) is 4.09. The number of thioether (sulfide) groups is 1. The number of amides is 2. The highest BCUT2D eigenvalue weighted by atomic mass is 35.5. The standard InChI is InChI=1S/C14H13ClN8O5S2/c1-28-21-6(5-9(15)30-14(16)20-5)10(24)19-7-11(25)23-8(13(26)27)4(2-18-22-17)3-29-12(7)23/h7,12H,2-3H2,1H3,(H2,16,20)(H,19,24)(H,26,27)/b21-6+/t7?,12-/m1/s1. The summed E-state index contributed by atoms with van der Waals surface area (Å²) >= 11 is 8.20. The maximum Gasteiger partial charge on any atom is 0.352 e. The van der Waals surface area contributed by atoms with Crippen LogP contribution in [0.15, 0.2) is 21.5 Å². The van der Waals surface area contributed by atoms with Crippen molar-refractivity contribution in [2.45, 2.75) is 11.4 Å². The average molecular weight is 473 g/mol. The molecule has 1 saturated heterocycles. The number of fused-ring (bicyclic) bond motifs is 1. The number of thiazole rings is 1. The van der Waals surface area contributed by atoms with Gasteiger partial charge in [0.05, 0.1) is 6.54 Å². The van der Waals surface area contributed by atoms with Gasteiger partial charge in [0.15, 0.2) is 10.8 Å². The quantitative estimate of drug-likeness (QED) is 0.129. The monoisotopic (exact) mass is 472 g/mol. The topological polar surface area (TPSA) is 196 Å². The summed E-state index contributed by atoms with van der Waals surface area (Å²) in [4.78, 5) is 49.3. The van der Waals surface area contributed by atoms with Crippen molar-refractivity contribution >= 4 is 63.3 Å². The number of halogens is 1. The largest absolute Gasteiger partial charge is 0.477 e. The van der Waals surface area contributed by atoms with Gasteiger partial charge in [0, 0.05) is 10.7 Å². The van der Waals surface area contributed by atoms with E-state index >= 15 is 0 Å². The molecule has 30 heavy (non-hydrogen) atoms. The van der Waals surface area contributed by atoms with Crippen LogP contribution in [-0.2, 0) is 19.2 Å². The van der Waals surface area contributed by atoms with Gasteiger partial charge in [-0.25, -0.2) is 9.78 Å². The Hall–Kier alpha value is -3.00. The summed E-state index contributed by atoms with van der Waals surface area (Å²) in [6.07, 6.45) is 0. The molecule has 0 bridgehead atoms. The zero-order valence-corrected chi connectivity index (χ0v) is 17.5. The molecular weight excluding hydrogens is 460 g/mol. The summed E-state index contributed by atoms with van der Waals surface area (Å²) in [5.41, 5.74) is 13.8. The minimum absolute atomic E-state index is 0.00112. The third kappa shape index (κ3) is 3.87. The van der Waals surface area contributed by atoms with E-state index in [1.54, 1.807) is 0 Å². The number of rotatable bonds is 7. The Labute approximate surface area is 181 Å². The van der Waals surface area contributed by atoms with Gasteiger partial charge in [-0.3, -0.25) is 14.5 Å². The van der Waals surface area contributed by atoms with E-state index in [1.807, 2.05) is 0 Å². The number of aromatic nitrogens is 1. The Morgan fingerprint density at radius 3 is 2.87 bits per heavy atom. The van der Waals surface area contributed by atoms with Gasteiger partial charge in [0.25, 0.3) is 11.8 Å². The number of nitrogen functional groups attached to an aromatic ring is 1. The predicted molar refractivity (Wildman–Crippen MR) is 109 cm³/mol. The molecule has 13 nitrogen and oxygen atoms in total. The number of oxime groups is 1. The van der Waals surface area contributed by atoms with Crippen LogP contribution in [0.3, 0.4) is 0 Å². The molecule has 16 heteroatoms. The van der Waals surface area contributed by atoms with Crippen molar-refractivity contribution in [3.63, 3.8) is 0 Å². The fourth-order valence-electron chi connectivity index (χ4n) is 2.88. The maximum atomic E-state index is 12.7. The molecule has 0 radical (unpaired) electrons. The van der Waals surface area contributed by atoms with E-state index < -0.39 is 29.2 Å². The van der Waals surface area contributed by atoms with Gasteiger partial charge < -0.3 is 21.0 Å². The lowest BCUT2D eigenvalue weighted by molar-refractivity contribution is -0.150. The number of nitrogens with two attached hydrogens (primary N) is 1. The summed E-state index contributed by atoms with van der Waals surface area (Å²) in [5.74, 6) is -2.53. The van der Waals surface area contributed by atoms with Crippen LogP contribution in [0.2, 0.25) is 4.34 Å². The predicted octanol–water partition coefficient (Wildman–Crippen LogP) is 0.778. The SMILES string of the molecule is CO/N=C(/C(=O)NC1C(=O)N2C(C(=O)O)=C(CN=[N+]=[N-])CS[C@H]12)c1nc(N)sc1Cl. The first-order chi connectivity index (χ1) is 14.3. The van der Waals surface area contributed by atoms with Crippen LogP contribution in [0, 0.1) is 0 Å². The molecule has 0 saturated carbocycles. The minimum atomic E-state index is -1.33. The molecule has 2 amide bonds. The highest BCUT2D eigenvalue weighted by molar-refractivity contribution is 8.00. The molecule has 0 aromatic carbocycles. The fourth-order valence-corrected chi connectivity index (χ4v) is 5.14. The van der Waals surface area contributed by atoms with Crippen molar-refractivity contribution in [1.82, 2.24) is 15.2 Å². The molecule has 3 heterocycles. The summed E-state index contributed by atoms with van der Waals surface area (Å²) in [6.45, 7) is -0.174. The number of carbonyl (C=O) groups excluding carboxylic acids is 2. The van der Waals surface area contributed by atoms with Crippen molar-refractivity contribution in [2.24, 2.45) is 10.3 Å². The van der Waals surface area contributed by atoms with Gasteiger partial charge >= 0.3 is 5.97 Å². The van der Waals surface area contributed by atoms with Crippen LogP contribution in [0.25, 0.3) is 10.4 Å². The number of nitrogens with one attached hydrogen (secondary N) is 1. The van der Waals surface area contributed by atoms with E-state index in [9.17, 15) is 19.5 Å². The molecular formula is C14H13ClN8O5S2. The molecule has 158 valence electrons. The zero-order chi connectivity index (χ0) is 22.0. The van der Waals surface area contributed by atoms with Crippen LogP contribution in [0.1, 0.15) is 5.69 Å². The number of azide groups is 1. The number of anilines is 1. The van der Waals surface area contributed by atoms with Gasteiger partial charge in [0.2, 0.25) is 0 Å². The normalized spacial score (nSPS) is 20.8. The number of hydrogen-bond donors (Lipinski definition) is 3. The lowest BCUT2D eigenvalue weighted by Crippen LogP contribution is -2.71. The lowest BCUT2D eigenvalue weighted by Gasteiger charge is -2.49. The average Bonchev–Trinajstić information content (AvgIpc) is 3.04. The van der Waals surface area contributed by atoms with Crippen LogP contribution < -0.4 is 11.1 Å². The molecule has 0 spiro atoms. The first kappa shape index (κ1) is 21.7. The summed E-state index contributed by atoms with van der Waals surface area (Å²) < 4.78 is 0.117. The smallest absolute Gasteiger partial charge is 0.352 e. The Morgan fingerprint density at radius 2 is 2.30 bits per heavy atom. The highest BCUT2D eigenvalue weighted by Crippen LogP contribution is 2.40. The van der Waals surface area contributed by atoms with Crippen molar-refractivity contribution in [1.29, 1.82) is 0 Å². The van der Waals surface area contributed by atoms with Crippen molar-refractivity contribution in [2.75, 3.05) is 25.1 Å². The molecule has 2 aliphatic heterocycles. The highest BCUT2D eigenvalue weighted by Gasteiger charge is 2.54. The van der Waals surface area contributed by atoms with E-state index in [0.29, 0.717) is 5.57 Å². The molecule has 1 aromatic rings. The maximum absolute atomic E-state index is 12.7. The number of aliphatic carboxylic acids is 1. The number of nitrogens with zero attached hydrogens (tertiary/aromatic N) is 6. The van der Waals surface area contributed by atoms with Gasteiger partial charge in [-0.1, -0.05) is 33.2 Å². The van der Waals surface area contributed by atoms with Gasteiger partial charge in [-0.05, 0) is 11.1 Å². The van der Waals surface area contributed by atoms with Crippen molar-refractivity contribution in [3.05, 3.63) is 31.7 Å². The number of β-lactam (4-membered cyclic amide) rings is 1. The summed E-state index contributed by atoms with van der Waals surface area (Å²) in [6, 6.07) is -1.00. The fraction of sp³-hybridized carbons (Fsp3) is 0.357. The molecule has 1 fully saturated rings. The second kappa shape index (κ2) is 8.79. The molecule has 1 unspecified atom stereocenters. The first-order valence-electron chi connectivity index (χ1n) is 8.05. The Kier molecular flexibility index (Phi) is 6.36. The van der Waals surface area contributed by atoms with Gasteiger partial charge in [-0.15, -0.1) is 11.8 Å². The van der Waals surface area contributed by atoms with E-state index in [1.165, 1.54) is 18.9 Å². The minimum Gasteiger partial charge on any atom is -0.477 e. The molecule has 4 N–H and O–H groups in total. The van der Waals surface area contributed by atoms with Gasteiger partial charge in [-0.2, -0.15) is 0 Å². The van der Waals surface area contributed by atoms with Crippen LogP contribution in [-0.4, -0.2) is 69.3 Å². The lowest BCUT2D eigenvalue weighted by atomic mass is 10.0. The molecule has 2 atom stereocenters. The van der Waals surface area contributed by atoms with Gasteiger partial charge in [0.1, 0.15) is 34.3 Å². The van der Waals surface area contributed by atoms with E-state index in [2.05, 4.69) is 30.3 Å². The Balaban J connectivity index is 1.82. The van der Waals surface area contributed by atoms with E-state index in [-0.39, 0.29) is 38.9 Å².